The van der Waals surface area contributed by atoms with Crippen molar-refractivity contribution in [3.8, 4) is 0 Å². The number of furan rings is 1. The first-order valence-corrected chi connectivity index (χ1v) is 6.83. The summed E-state index contributed by atoms with van der Waals surface area (Å²) in [5.74, 6) is 1.22. The zero-order chi connectivity index (χ0) is 14.8. The molecular weight excluding hydrogens is 268 g/mol. The highest BCUT2D eigenvalue weighted by Gasteiger charge is 2.15. The molecule has 5 nitrogen and oxygen atoms in total. The van der Waals surface area contributed by atoms with E-state index in [0.717, 1.165) is 16.7 Å². The van der Waals surface area contributed by atoms with Crippen molar-refractivity contribution in [1.29, 1.82) is 0 Å². The molecule has 1 aromatic carbocycles. The number of fused-ring (bicyclic) bond motifs is 1. The van der Waals surface area contributed by atoms with Gasteiger partial charge in [-0.2, -0.15) is 0 Å². The van der Waals surface area contributed by atoms with Crippen LogP contribution in [0.2, 0.25) is 0 Å². The summed E-state index contributed by atoms with van der Waals surface area (Å²) >= 11 is 0. The lowest BCUT2D eigenvalue weighted by molar-refractivity contribution is 0.0930. The number of hydrogen-bond donors (Lipinski definition) is 1. The van der Waals surface area contributed by atoms with Crippen molar-refractivity contribution in [2.75, 3.05) is 0 Å². The third-order valence-electron chi connectivity index (χ3n) is 3.22. The summed E-state index contributed by atoms with van der Waals surface area (Å²) in [7, 11) is 0. The van der Waals surface area contributed by atoms with Crippen molar-refractivity contribution in [2.45, 2.75) is 26.3 Å². The highest BCUT2D eigenvalue weighted by atomic mass is 16.5. The van der Waals surface area contributed by atoms with Gasteiger partial charge in [0.15, 0.2) is 5.69 Å². The predicted molar refractivity (Wildman–Crippen MR) is 78.1 cm³/mol. The Hall–Kier alpha value is -2.56. The maximum atomic E-state index is 12.0. The number of para-hydroxylation sites is 1. The van der Waals surface area contributed by atoms with Crippen LogP contribution in [-0.4, -0.2) is 17.1 Å². The number of carbonyl (C=O) groups is 1. The van der Waals surface area contributed by atoms with Crippen LogP contribution < -0.4 is 5.32 Å². The number of nitrogens with zero attached hydrogens (tertiary/aromatic N) is 1. The summed E-state index contributed by atoms with van der Waals surface area (Å²) in [5, 5.41) is 7.65. The van der Waals surface area contributed by atoms with Gasteiger partial charge in [0.25, 0.3) is 5.91 Å². The minimum atomic E-state index is -0.240. The number of hydrogen-bond acceptors (Lipinski definition) is 4. The van der Waals surface area contributed by atoms with Gasteiger partial charge in [0.05, 0.1) is 0 Å². The van der Waals surface area contributed by atoms with Gasteiger partial charge in [-0.25, -0.2) is 0 Å². The monoisotopic (exact) mass is 284 g/mol. The molecule has 0 saturated heterocycles. The first-order valence-electron chi connectivity index (χ1n) is 6.83. The largest absolute Gasteiger partial charge is 0.461 e. The molecule has 2 aromatic heterocycles. The first-order chi connectivity index (χ1) is 10.1. The molecule has 0 saturated carbocycles. The topological polar surface area (TPSA) is 68.3 Å². The summed E-state index contributed by atoms with van der Waals surface area (Å²) in [6.45, 7) is 3.68. The molecule has 1 atom stereocenters. The van der Waals surface area contributed by atoms with Crippen molar-refractivity contribution in [3.63, 3.8) is 0 Å². The molecule has 0 bridgehead atoms. The number of aromatic nitrogens is 1. The minimum Gasteiger partial charge on any atom is -0.461 e. The number of benzene rings is 1. The first kappa shape index (κ1) is 13.4. The molecule has 0 aliphatic carbocycles. The number of rotatable bonds is 4. The van der Waals surface area contributed by atoms with Crippen LogP contribution in [0, 0.1) is 6.92 Å². The van der Waals surface area contributed by atoms with E-state index >= 15 is 0 Å². The molecule has 5 heteroatoms. The van der Waals surface area contributed by atoms with Gasteiger partial charge in [0.1, 0.15) is 17.1 Å². The van der Waals surface area contributed by atoms with E-state index < -0.39 is 0 Å². The molecule has 0 fully saturated rings. The zero-order valence-corrected chi connectivity index (χ0v) is 11.9. The smallest absolute Gasteiger partial charge is 0.273 e. The van der Waals surface area contributed by atoms with Gasteiger partial charge in [0.2, 0.25) is 0 Å². The summed E-state index contributed by atoms with van der Waals surface area (Å²) in [6.07, 6.45) is 0.622. The summed E-state index contributed by atoms with van der Waals surface area (Å²) in [4.78, 5) is 12.0. The van der Waals surface area contributed by atoms with E-state index in [1.54, 1.807) is 13.0 Å². The zero-order valence-electron chi connectivity index (χ0n) is 11.9. The number of nitrogens with one attached hydrogen (secondary N) is 1. The lowest BCUT2D eigenvalue weighted by Crippen LogP contribution is -2.34. The molecule has 0 aliphatic heterocycles. The van der Waals surface area contributed by atoms with Crippen molar-refractivity contribution in [1.82, 2.24) is 10.5 Å². The molecule has 1 N–H and O–H groups in total. The van der Waals surface area contributed by atoms with Crippen LogP contribution in [-0.2, 0) is 6.42 Å². The van der Waals surface area contributed by atoms with Crippen LogP contribution in [0.5, 0.6) is 0 Å². The highest BCUT2D eigenvalue weighted by molar-refractivity contribution is 5.92. The molecule has 1 amide bonds. The molecule has 0 aliphatic rings. The van der Waals surface area contributed by atoms with Gasteiger partial charge >= 0.3 is 0 Å². The van der Waals surface area contributed by atoms with Crippen LogP contribution in [0.25, 0.3) is 11.0 Å². The fourth-order valence-electron chi connectivity index (χ4n) is 2.26. The van der Waals surface area contributed by atoms with Gasteiger partial charge < -0.3 is 14.3 Å². The summed E-state index contributed by atoms with van der Waals surface area (Å²) in [6, 6.07) is 11.4. The third kappa shape index (κ3) is 2.97. The Kier molecular flexibility index (Phi) is 3.48. The lowest BCUT2D eigenvalue weighted by atomic mass is 10.1. The maximum absolute atomic E-state index is 12.0. The van der Waals surface area contributed by atoms with Crippen molar-refractivity contribution >= 4 is 16.9 Å². The van der Waals surface area contributed by atoms with Gasteiger partial charge in [0, 0.05) is 23.9 Å². The number of amides is 1. The van der Waals surface area contributed by atoms with Crippen molar-refractivity contribution < 1.29 is 13.7 Å². The molecule has 0 spiro atoms. The highest BCUT2D eigenvalue weighted by Crippen LogP contribution is 2.19. The molecule has 3 aromatic rings. The van der Waals surface area contributed by atoms with E-state index in [1.807, 2.05) is 37.3 Å². The minimum absolute atomic E-state index is 0.0601. The molecule has 108 valence electrons. The van der Waals surface area contributed by atoms with E-state index in [0.29, 0.717) is 17.9 Å². The van der Waals surface area contributed by atoms with Crippen LogP contribution >= 0.6 is 0 Å². The Balaban J connectivity index is 1.65. The fourth-order valence-corrected chi connectivity index (χ4v) is 2.26. The summed E-state index contributed by atoms with van der Waals surface area (Å²) < 4.78 is 10.6. The lowest BCUT2D eigenvalue weighted by Gasteiger charge is -2.10. The van der Waals surface area contributed by atoms with E-state index in [1.165, 1.54) is 0 Å². The normalized spacial score (nSPS) is 12.5. The van der Waals surface area contributed by atoms with Gasteiger partial charge in [-0.05, 0) is 26.0 Å². The second kappa shape index (κ2) is 5.44. The quantitative estimate of drug-likeness (QED) is 0.799. The van der Waals surface area contributed by atoms with Crippen LogP contribution in [0.15, 0.2) is 45.3 Å². The molecule has 2 heterocycles. The average Bonchev–Trinajstić information content (AvgIpc) is 3.03. The number of aryl methyl sites for hydroxylation is 1. The van der Waals surface area contributed by atoms with Gasteiger partial charge in [-0.15, -0.1) is 0 Å². The van der Waals surface area contributed by atoms with Crippen LogP contribution in [0.3, 0.4) is 0 Å². The molecule has 21 heavy (non-hydrogen) atoms. The van der Waals surface area contributed by atoms with E-state index in [9.17, 15) is 4.79 Å². The summed E-state index contributed by atoms with van der Waals surface area (Å²) in [5.41, 5.74) is 1.15. The maximum Gasteiger partial charge on any atom is 0.273 e. The Morgan fingerprint density at radius 2 is 2.14 bits per heavy atom. The fraction of sp³-hybridized carbons (Fsp3) is 0.250. The van der Waals surface area contributed by atoms with Crippen molar-refractivity contribution in [3.05, 3.63) is 53.6 Å². The average molecular weight is 284 g/mol. The van der Waals surface area contributed by atoms with Crippen molar-refractivity contribution in [2.24, 2.45) is 0 Å². The Labute approximate surface area is 121 Å². The predicted octanol–water partition coefficient (Wildman–Crippen LogP) is 3.09. The second-order valence-corrected chi connectivity index (χ2v) is 5.15. The van der Waals surface area contributed by atoms with E-state index in [2.05, 4.69) is 10.5 Å². The molecular formula is C16H16N2O3. The Morgan fingerprint density at radius 3 is 2.86 bits per heavy atom. The van der Waals surface area contributed by atoms with E-state index in [-0.39, 0.29) is 11.9 Å². The molecule has 3 rings (SSSR count). The molecule has 1 unspecified atom stereocenters. The van der Waals surface area contributed by atoms with Gasteiger partial charge in [-0.1, -0.05) is 23.4 Å². The SMILES string of the molecule is Cc1cc(C(=O)NC(C)Cc2cc3ccccc3o2)no1. The Morgan fingerprint density at radius 1 is 1.33 bits per heavy atom. The third-order valence-corrected chi connectivity index (χ3v) is 3.22. The second-order valence-electron chi connectivity index (χ2n) is 5.15. The van der Waals surface area contributed by atoms with Gasteiger partial charge in [-0.3, -0.25) is 4.79 Å². The number of carbonyl (C=O) groups excluding carboxylic acids is 1. The van der Waals surface area contributed by atoms with Crippen LogP contribution in [0.4, 0.5) is 0 Å². The Bertz CT molecular complexity index is 740. The molecule has 0 radical (unpaired) electrons. The van der Waals surface area contributed by atoms with Crippen LogP contribution in [0.1, 0.15) is 28.9 Å². The van der Waals surface area contributed by atoms with E-state index in [4.69, 9.17) is 8.94 Å². The standard InChI is InChI=1S/C16H16N2O3/c1-10(17-16(19)14-8-11(2)21-18-14)7-13-9-12-5-3-4-6-15(12)20-13/h3-6,8-10H,7H2,1-2H3,(H,17,19).